The Bertz CT molecular complexity index is 1530. The van der Waals surface area contributed by atoms with Crippen LogP contribution in [0.15, 0.2) is 72.8 Å². The minimum atomic E-state index is -4.48. The van der Waals surface area contributed by atoms with Gasteiger partial charge in [-0.3, -0.25) is 4.79 Å². The lowest BCUT2D eigenvalue weighted by Crippen LogP contribution is -2.16. The van der Waals surface area contributed by atoms with Crippen molar-refractivity contribution in [3.8, 4) is 5.75 Å². The van der Waals surface area contributed by atoms with Crippen molar-refractivity contribution < 1.29 is 70.1 Å². The molecule has 1 amide bonds. The Morgan fingerprint density at radius 2 is 0.982 bits per heavy atom. The van der Waals surface area contributed by atoms with E-state index in [4.69, 9.17) is 47.4 Å². The maximum atomic E-state index is 13.1. The molecule has 0 aliphatic carbocycles. The highest BCUT2D eigenvalue weighted by molar-refractivity contribution is 5.96. The molecule has 0 atom stereocenters. The highest BCUT2D eigenvalue weighted by Gasteiger charge is 2.30. The van der Waals surface area contributed by atoms with Crippen molar-refractivity contribution >= 4 is 28.9 Å². The molecule has 3 rings (SSSR count). The van der Waals surface area contributed by atoms with Gasteiger partial charge in [0.05, 0.1) is 123 Å². The van der Waals surface area contributed by atoms with Gasteiger partial charge in [-0.05, 0) is 54.6 Å². The Labute approximate surface area is 331 Å². The summed E-state index contributed by atoms with van der Waals surface area (Å²) in [6.45, 7) is 8.30. The number of carbonyl (C=O) groups excluding carboxylic acids is 2. The van der Waals surface area contributed by atoms with E-state index in [-0.39, 0.29) is 30.4 Å². The van der Waals surface area contributed by atoms with Gasteiger partial charge < -0.3 is 58.0 Å². The monoisotopic (exact) mass is 810 g/mol. The molecule has 3 aromatic rings. The lowest BCUT2D eigenvalue weighted by molar-refractivity contribution is -0.137. The zero-order chi connectivity index (χ0) is 40.8. The quantitative estimate of drug-likeness (QED) is 0.0581. The van der Waals surface area contributed by atoms with Gasteiger partial charge in [0.1, 0.15) is 19.0 Å². The molecule has 0 heterocycles. The van der Waals surface area contributed by atoms with E-state index >= 15 is 0 Å². The van der Waals surface area contributed by atoms with Crippen LogP contribution in [0.2, 0.25) is 0 Å². The van der Waals surface area contributed by atoms with Crippen LogP contribution in [0.1, 0.15) is 22.8 Å². The third-order valence-corrected chi connectivity index (χ3v) is 7.35. The van der Waals surface area contributed by atoms with Crippen LogP contribution in [-0.2, 0) is 53.6 Å². The molecule has 0 radical (unpaired) electrons. The molecule has 17 heteroatoms. The van der Waals surface area contributed by atoms with Crippen LogP contribution in [-0.4, -0.2) is 131 Å². The third kappa shape index (κ3) is 22.3. The molecule has 3 aromatic carbocycles. The second-order valence-electron chi connectivity index (χ2n) is 11.8. The highest BCUT2D eigenvalue weighted by atomic mass is 19.4. The number of benzene rings is 3. The summed E-state index contributed by atoms with van der Waals surface area (Å²) in [5, 5.41) is 5.56. The fraction of sp³-hybridized carbons (Fsp3) is 0.500. The Morgan fingerprint density at radius 3 is 1.46 bits per heavy atom. The van der Waals surface area contributed by atoms with Gasteiger partial charge in [-0.2, -0.15) is 13.2 Å². The smallest absolute Gasteiger partial charge is 0.416 e. The summed E-state index contributed by atoms with van der Waals surface area (Å²) < 4.78 is 93.8. The van der Waals surface area contributed by atoms with Crippen molar-refractivity contribution in [2.45, 2.75) is 13.1 Å². The summed E-state index contributed by atoms with van der Waals surface area (Å²) >= 11 is 0. The van der Waals surface area contributed by atoms with Crippen LogP contribution in [0, 0.1) is 0 Å². The molecule has 2 N–H and O–H groups in total. The standard InChI is InChI=1S/C40H53F3N2O12/c1-32(46)44-34-9-11-36(12-10-34)56-29-27-54-25-23-52-21-19-50-17-15-48-13-14-49-16-18-51-20-22-53-24-26-55-28-30-57-39(47)37-7-2-3-8-38(37)45-35-6-4-5-33(31-35)40(41,42)43/h2-12,31,45H,13-30H2,1H3,(H,44,46). The number of esters is 1. The first-order valence-electron chi connectivity index (χ1n) is 18.5. The molecule has 0 aromatic heterocycles. The van der Waals surface area contributed by atoms with Crippen LogP contribution in [0.4, 0.5) is 30.2 Å². The largest absolute Gasteiger partial charge is 0.491 e. The van der Waals surface area contributed by atoms with E-state index in [1.165, 1.54) is 25.1 Å². The third-order valence-electron chi connectivity index (χ3n) is 7.35. The molecule has 0 aliphatic heterocycles. The van der Waals surface area contributed by atoms with E-state index in [0.29, 0.717) is 123 Å². The average Bonchev–Trinajstić information content (AvgIpc) is 3.19. The first-order chi connectivity index (χ1) is 27.7. The van der Waals surface area contributed by atoms with E-state index in [9.17, 15) is 22.8 Å². The normalized spacial score (nSPS) is 11.4. The van der Waals surface area contributed by atoms with Crippen LogP contribution in [0.25, 0.3) is 0 Å². The van der Waals surface area contributed by atoms with Crippen LogP contribution >= 0.6 is 0 Å². The van der Waals surface area contributed by atoms with Gasteiger partial charge in [-0.25, -0.2) is 4.79 Å². The van der Waals surface area contributed by atoms with Crippen molar-refractivity contribution in [3.63, 3.8) is 0 Å². The van der Waals surface area contributed by atoms with Crippen molar-refractivity contribution in [1.82, 2.24) is 0 Å². The van der Waals surface area contributed by atoms with E-state index < -0.39 is 17.7 Å². The lowest BCUT2D eigenvalue weighted by Gasteiger charge is -2.13. The van der Waals surface area contributed by atoms with Gasteiger partial charge in [0, 0.05) is 18.3 Å². The van der Waals surface area contributed by atoms with Crippen molar-refractivity contribution in [1.29, 1.82) is 0 Å². The molecule has 0 bridgehead atoms. The first-order valence-corrected chi connectivity index (χ1v) is 18.5. The molecular formula is C40H53F3N2O12. The second kappa shape index (κ2) is 29.0. The Hall–Kier alpha value is -4.33. The maximum absolute atomic E-state index is 13.1. The van der Waals surface area contributed by atoms with Gasteiger partial charge in [0.25, 0.3) is 0 Å². The van der Waals surface area contributed by atoms with E-state index in [1.807, 2.05) is 0 Å². The summed E-state index contributed by atoms with van der Waals surface area (Å²) in [5.74, 6) is -0.0567. The number of hydrogen-bond donors (Lipinski definition) is 2. The minimum Gasteiger partial charge on any atom is -0.491 e. The van der Waals surface area contributed by atoms with Gasteiger partial charge in [-0.1, -0.05) is 18.2 Å². The maximum Gasteiger partial charge on any atom is 0.416 e. The van der Waals surface area contributed by atoms with Crippen molar-refractivity contribution in [2.75, 3.05) is 130 Å². The number of ether oxygens (including phenoxy) is 10. The fourth-order valence-electron chi connectivity index (χ4n) is 4.67. The van der Waals surface area contributed by atoms with Gasteiger partial charge in [0.2, 0.25) is 5.91 Å². The number of amides is 1. The van der Waals surface area contributed by atoms with Gasteiger partial charge >= 0.3 is 12.1 Å². The Morgan fingerprint density at radius 1 is 0.526 bits per heavy atom. The summed E-state index contributed by atoms with van der Waals surface area (Å²) in [5.41, 5.74) is 0.611. The first kappa shape index (κ1) is 47.0. The summed E-state index contributed by atoms with van der Waals surface area (Å²) in [7, 11) is 0. The topological polar surface area (TPSA) is 151 Å². The minimum absolute atomic E-state index is 0.00720. The average molecular weight is 811 g/mol. The number of para-hydroxylation sites is 1. The number of alkyl halides is 3. The number of hydrogen-bond acceptors (Lipinski definition) is 13. The van der Waals surface area contributed by atoms with E-state index in [2.05, 4.69) is 10.6 Å². The molecule has 0 unspecified atom stereocenters. The highest BCUT2D eigenvalue weighted by Crippen LogP contribution is 2.32. The van der Waals surface area contributed by atoms with Crippen LogP contribution in [0.3, 0.4) is 0 Å². The predicted molar refractivity (Wildman–Crippen MR) is 204 cm³/mol. The molecule has 0 spiro atoms. The molecular weight excluding hydrogens is 757 g/mol. The van der Waals surface area contributed by atoms with Crippen molar-refractivity contribution in [3.05, 3.63) is 83.9 Å². The van der Waals surface area contributed by atoms with Gasteiger partial charge in [0.15, 0.2) is 0 Å². The lowest BCUT2D eigenvalue weighted by atomic mass is 10.1. The molecule has 0 saturated carbocycles. The fourth-order valence-corrected chi connectivity index (χ4v) is 4.67. The van der Waals surface area contributed by atoms with Crippen LogP contribution in [0.5, 0.6) is 5.75 Å². The number of halogens is 3. The molecule has 14 nitrogen and oxygen atoms in total. The number of rotatable bonds is 32. The van der Waals surface area contributed by atoms with E-state index in [1.54, 1.807) is 42.5 Å². The summed E-state index contributed by atoms with van der Waals surface area (Å²) in [6.07, 6.45) is -4.48. The molecule has 316 valence electrons. The predicted octanol–water partition coefficient (Wildman–Crippen LogP) is 5.78. The summed E-state index contributed by atoms with van der Waals surface area (Å²) in [6, 6.07) is 18.2. The molecule has 0 saturated heterocycles. The molecule has 57 heavy (non-hydrogen) atoms. The molecule has 0 fully saturated rings. The second-order valence-corrected chi connectivity index (χ2v) is 11.8. The molecule has 0 aliphatic rings. The zero-order valence-electron chi connectivity index (χ0n) is 32.2. The number of nitrogens with one attached hydrogen (secondary N) is 2. The van der Waals surface area contributed by atoms with Crippen molar-refractivity contribution in [2.24, 2.45) is 0 Å². The zero-order valence-corrected chi connectivity index (χ0v) is 32.2. The summed E-state index contributed by atoms with van der Waals surface area (Å²) in [4.78, 5) is 23.6. The number of carbonyl (C=O) groups is 2. The van der Waals surface area contributed by atoms with E-state index in [0.717, 1.165) is 12.1 Å². The Balaban J connectivity index is 1.01. The SMILES string of the molecule is CC(=O)Nc1ccc(OCCOCCOCCOCCOCCOCCOCCOCCOCCOC(=O)c2ccccc2Nc2cccc(C(F)(F)F)c2)cc1. The van der Waals surface area contributed by atoms with Gasteiger partial charge in [-0.15, -0.1) is 0 Å². The number of anilines is 3. The van der Waals surface area contributed by atoms with Crippen LogP contribution < -0.4 is 15.4 Å². The Kier molecular flexibility index (Phi) is 23.9.